The largest absolute Gasteiger partial charge is 0.381 e. The highest BCUT2D eigenvalue weighted by molar-refractivity contribution is 5.73. The van der Waals surface area contributed by atoms with Gasteiger partial charge in [0.05, 0.1) is 13.2 Å². The fraction of sp³-hybridized carbons (Fsp3) is 0.909. The lowest BCUT2D eigenvalue weighted by Crippen LogP contribution is -2.24. The Morgan fingerprint density at radius 1 is 1.40 bits per heavy atom. The number of ether oxygens (including phenoxy) is 1. The number of carbonyl (C=O) groups is 1. The minimum absolute atomic E-state index is 0.277. The highest BCUT2D eigenvalue weighted by Crippen LogP contribution is 2.31. The molecular formula is C11H20N2O2. The van der Waals surface area contributed by atoms with Crippen LogP contribution in [0.4, 0.5) is 0 Å². The summed E-state index contributed by atoms with van der Waals surface area (Å²) in [5, 5.41) is 0. The van der Waals surface area contributed by atoms with Crippen molar-refractivity contribution in [1.82, 2.24) is 4.90 Å². The second-order valence-electron chi connectivity index (χ2n) is 4.67. The number of rotatable bonds is 6. The molecule has 1 aliphatic heterocycles. The van der Waals surface area contributed by atoms with Gasteiger partial charge in [0.2, 0.25) is 5.91 Å². The third kappa shape index (κ3) is 3.47. The Bertz CT molecular complexity index is 229. The highest BCUT2D eigenvalue weighted by atomic mass is 16.5. The summed E-state index contributed by atoms with van der Waals surface area (Å²) in [5.41, 5.74) is 5.03. The molecule has 2 fully saturated rings. The SMILES string of the molecule is NC(=O)CCOCC1CCN(C2CC2)C1. The number of hydrogen-bond donors (Lipinski definition) is 1. The quantitative estimate of drug-likeness (QED) is 0.647. The van der Waals surface area contributed by atoms with Gasteiger partial charge in [0.15, 0.2) is 0 Å². The molecule has 1 saturated carbocycles. The van der Waals surface area contributed by atoms with Gasteiger partial charge in [-0.3, -0.25) is 4.79 Å². The summed E-state index contributed by atoms with van der Waals surface area (Å²) in [4.78, 5) is 13.1. The maximum absolute atomic E-state index is 10.5. The summed E-state index contributed by atoms with van der Waals surface area (Å²) in [6, 6.07) is 0.876. The fourth-order valence-corrected chi connectivity index (χ4v) is 2.19. The Labute approximate surface area is 90.8 Å². The van der Waals surface area contributed by atoms with Gasteiger partial charge >= 0.3 is 0 Å². The third-order valence-corrected chi connectivity index (χ3v) is 3.23. The van der Waals surface area contributed by atoms with Crippen LogP contribution in [0.2, 0.25) is 0 Å². The zero-order valence-corrected chi connectivity index (χ0v) is 9.15. The molecule has 1 aliphatic carbocycles. The lowest BCUT2D eigenvalue weighted by Gasteiger charge is -2.14. The van der Waals surface area contributed by atoms with Crippen molar-refractivity contribution >= 4 is 5.91 Å². The normalized spacial score (nSPS) is 27.1. The predicted octanol–water partition coefficient (Wildman–Crippen LogP) is 0.363. The van der Waals surface area contributed by atoms with E-state index < -0.39 is 0 Å². The van der Waals surface area contributed by atoms with Crippen LogP contribution in [0.25, 0.3) is 0 Å². The molecular weight excluding hydrogens is 192 g/mol. The number of nitrogens with zero attached hydrogens (tertiary/aromatic N) is 1. The summed E-state index contributed by atoms with van der Waals surface area (Å²) in [6.45, 7) is 3.68. The molecule has 1 unspecified atom stereocenters. The van der Waals surface area contributed by atoms with Crippen molar-refractivity contribution in [3.8, 4) is 0 Å². The second-order valence-corrected chi connectivity index (χ2v) is 4.67. The van der Waals surface area contributed by atoms with E-state index in [0.29, 0.717) is 18.9 Å². The molecule has 2 rings (SSSR count). The molecule has 15 heavy (non-hydrogen) atoms. The van der Waals surface area contributed by atoms with Crippen LogP contribution in [0.5, 0.6) is 0 Å². The Morgan fingerprint density at radius 2 is 2.20 bits per heavy atom. The first kappa shape index (κ1) is 10.9. The number of primary amides is 1. The molecule has 2 aliphatic rings. The Hall–Kier alpha value is -0.610. The molecule has 0 aromatic heterocycles. The molecule has 4 nitrogen and oxygen atoms in total. The number of hydrogen-bond acceptors (Lipinski definition) is 3. The van der Waals surface area contributed by atoms with Crippen molar-refractivity contribution in [3.05, 3.63) is 0 Å². The van der Waals surface area contributed by atoms with E-state index in [1.54, 1.807) is 0 Å². The van der Waals surface area contributed by atoms with Crippen LogP contribution < -0.4 is 5.73 Å². The average Bonchev–Trinajstić information content (AvgIpc) is 2.94. The van der Waals surface area contributed by atoms with E-state index >= 15 is 0 Å². The molecule has 1 saturated heterocycles. The zero-order valence-electron chi connectivity index (χ0n) is 9.15. The van der Waals surface area contributed by atoms with E-state index in [2.05, 4.69) is 4.90 Å². The topological polar surface area (TPSA) is 55.6 Å². The van der Waals surface area contributed by atoms with Gasteiger partial charge in [0, 0.05) is 19.0 Å². The van der Waals surface area contributed by atoms with Crippen molar-refractivity contribution in [3.63, 3.8) is 0 Å². The Balaban J connectivity index is 1.54. The van der Waals surface area contributed by atoms with E-state index in [1.165, 1.54) is 32.4 Å². The van der Waals surface area contributed by atoms with E-state index in [9.17, 15) is 4.79 Å². The fourth-order valence-electron chi connectivity index (χ4n) is 2.19. The van der Waals surface area contributed by atoms with Crippen LogP contribution in [-0.4, -0.2) is 43.2 Å². The summed E-state index contributed by atoms with van der Waals surface area (Å²) in [5.74, 6) is 0.388. The third-order valence-electron chi connectivity index (χ3n) is 3.23. The van der Waals surface area contributed by atoms with Crippen molar-refractivity contribution < 1.29 is 9.53 Å². The minimum Gasteiger partial charge on any atom is -0.381 e. The molecule has 4 heteroatoms. The van der Waals surface area contributed by atoms with Gasteiger partial charge in [0.25, 0.3) is 0 Å². The summed E-state index contributed by atoms with van der Waals surface area (Å²) >= 11 is 0. The molecule has 1 amide bonds. The molecule has 2 N–H and O–H groups in total. The predicted molar refractivity (Wildman–Crippen MR) is 57.3 cm³/mol. The maximum atomic E-state index is 10.5. The van der Waals surface area contributed by atoms with Crippen LogP contribution in [0.3, 0.4) is 0 Å². The van der Waals surface area contributed by atoms with E-state index in [4.69, 9.17) is 10.5 Å². The van der Waals surface area contributed by atoms with Crippen molar-refractivity contribution in [1.29, 1.82) is 0 Å². The standard InChI is InChI=1S/C11H20N2O2/c12-11(14)4-6-15-8-9-3-5-13(7-9)10-1-2-10/h9-10H,1-8H2,(H2,12,14). The van der Waals surface area contributed by atoms with Gasteiger partial charge in [-0.15, -0.1) is 0 Å². The first-order valence-corrected chi connectivity index (χ1v) is 5.86. The lowest BCUT2D eigenvalue weighted by atomic mass is 10.1. The van der Waals surface area contributed by atoms with Crippen LogP contribution in [0.15, 0.2) is 0 Å². The highest BCUT2D eigenvalue weighted by Gasteiger charge is 2.34. The minimum atomic E-state index is -0.277. The number of carbonyl (C=O) groups excluding carboxylic acids is 1. The average molecular weight is 212 g/mol. The maximum Gasteiger partial charge on any atom is 0.219 e. The molecule has 0 spiro atoms. The van der Waals surface area contributed by atoms with Crippen LogP contribution >= 0.6 is 0 Å². The molecule has 0 bridgehead atoms. The van der Waals surface area contributed by atoms with Crippen LogP contribution in [0.1, 0.15) is 25.7 Å². The summed E-state index contributed by atoms with van der Waals surface area (Å²) in [6.07, 6.45) is 4.36. The zero-order chi connectivity index (χ0) is 10.7. The smallest absolute Gasteiger partial charge is 0.219 e. The van der Waals surface area contributed by atoms with Gasteiger partial charge in [-0.05, 0) is 31.7 Å². The van der Waals surface area contributed by atoms with Crippen molar-refractivity contribution in [2.45, 2.75) is 31.7 Å². The lowest BCUT2D eigenvalue weighted by molar-refractivity contribution is -0.119. The second kappa shape index (κ2) is 4.94. The van der Waals surface area contributed by atoms with Gasteiger partial charge in [-0.2, -0.15) is 0 Å². The van der Waals surface area contributed by atoms with Gasteiger partial charge < -0.3 is 15.4 Å². The van der Waals surface area contributed by atoms with E-state index in [1.807, 2.05) is 0 Å². The first-order chi connectivity index (χ1) is 7.25. The van der Waals surface area contributed by atoms with Gasteiger partial charge in [-0.25, -0.2) is 0 Å². The van der Waals surface area contributed by atoms with Crippen LogP contribution in [-0.2, 0) is 9.53 Å². The summed E-state index contributed by atoms with van der Waals surface area (Å²) < 4.78 is 5.45. The van der Waals surface area contributed by atoms with Crippen molar-refractivity contribution in [2.75, 3.05) is 26.3 Å². The molecule has 0 aromatic rings. The van der Waals surface area contributed by atoms with Gasteiger partial charge in [0.1, 0.15) is 0 Å². The molecule has 1 heterocycles. The molecule has 1 atom stereocenters. The Morgan fingerprint density at radius 3 is 2.87 bits per heavy atom. The number of likely N-dealkylation sites (tertiary alicyclic amines) is 1. The van der Waals surface area contributed by atoms with Crippen molar-refractivity contribution in [2.24, 2.45) is 11.7 Å². The van der Waals surface area contributed by atoms with E-state index in [0.717, 1.165) is 12.6 Å². The molecule has 86 valence electrons. The van der Waals surface area contributed by atoms with E-state index in [-0.39, 0.29) is 5.91 Å². The monoisotopic (exact) mass is 212 g/mol. The summed E-state index contributed by atoms with van der Waals surface area (Å²) in [7, 11) is 0. The molecule has 0 aromatic carbocycles. The van der Waals surface area contributed by atoms with Gasteiger partial charge in [-0.1, -0.05) is 0 Å². The number of amides is 1. The molecule has 0 radical (unpaired) electrons. The van der Waals surface area contributed by atoms with Crippen LogP contribution in [0, 0.1) is 5.92 Å². The first-order valence-electron chi connectivity index (χ1n) is 5.86. The number of nitrogens with two attached hydrogens (primary N) is 1. The Kier molecular flexibility index (Phi) is 3.59.